The Morgan fingerprint density at radius 1 is 0.464 bits per heavy atom. The average Bonchev–Trinajstić information content (AvgIpc) is 2.61. The van der Waals surface area contributed by atoms with Gasteiger partial charge >= 0.3 is 0 Å². The molecule has 0 aliphatic heterocycles. The van der Waals surface area contributed by atoms with E-state index in [4.69, 9.17) is 33.9 Å². The van der Waals surface area contributed by atoms with E-state index in [1.165, 1.54) is 0 Å². The summed E-state index contributed by atoms with van der Waals surface area (Å²) in [6, 6.07) is 0. The first kappa shape index (κ1) is 29.9. The van der Waals surface area contributed by atoms with Crippen LogP contribution in [0.5, 0.6) is 0 Å². The topological polar surface area (TPSA) is 86.6 Å². The highest BCUT2D eigenvalue weighted by Crippen LogP contribution is 2.02. The lowest BCUT2D eigenvalue weighted by Crippen LogP contribution is -2.27. The summed E-state index contributed by atoms with van der Waals surface area (Å²) in [6.45, 7) is 19.3. The van der Waals surface area contributed by atoms with Crippen molar-refractivity contribution in [3.63, 3.8) is 0 Å². The van der Waals surface area contributed by atoms with E-state index in [0.717, 1.165) is 0 Å². The van der Waals surface area contributed by atoms with Crippen LogP contribution in [0, 0.1) is 0 Å². The molecule has 0 aromatic heterocycles. The molecule has 0 amide bonds. The van der Waals surface area contributed by atoms with Gasteiger partial charge in [0.25, 0.3) is 0 Å². The van der Waals surface area contributed by atoms with Gasteiger partial charge in [0.1, 0.15) is 0 Å². The second kappa shape index (κ2) is 18.7. The van der Waals surface area contributed by atoms with E-state index in [9.17, 15) is 0 Å². The fraction of sp³-hybridized carbons (Fsp3) is 1.00. The maximum Gasteiger partial charge on any atom is 0.0784 e. The quantitative estimate of drug-likeness (QED) is 0.429. The molecule has 0 aliphatic carbocycles. The Morgan fingerprint density at radius 2 is 0.750 bits per heavy atom. The van der Waals surface area contributed by atoms with Crippen LogP contribution in [0.25, 0.3) is 0 Å². The van der Waals surface area contributed by atoms with Gasteiger partial charge in [-0.3, -0.25) is 0 Å². The molecule has 0 heterocycles. The molecule has 5 atom stereocenters. The van der Waals surface area contributed by atoms with Crippen molar-refractivity contribution in [2.45, 2.75) is 105 Å². The third-order valence-electron chi connectivity index (χ3n) is 3.37. The molecule has 0 aromatic rings. The molecular weight excluding hydrogens is 364 g/mol. The van der Waals surface area contributed by atoms with Crippen LogP contribution >= 0.6 is 0 Å². The van der Waals surface area contributed by atoms with Gasteiger partial charge in [-0.05, 0) is 62.3 Å². The first-order chi connectivity index (χ1) is 13.0. The smallest absolute Gasteiger partial charge is 0.0784 e. The highest BCUT2D eigenvalue weighted by atomic mass is 16.6. The Kier molecular flexibility index (Phi) is 20.0. The van der Waals surface area contributed by atoms with E-state index in [-0.39, 0.29) is 55.9 Å². The summed E-state index contributed by atoms with van der Waals surface area (Å²) in [4.78, 5) is 0. The molecule has 28 heavy (non-hydrogen) atoms. The SMILES string of the molecule is CC(C)OC(C)COC(C)CO.CC(C)OC(C)COC(C)COC(C)CO. The molecule has 0 radical (unpaired) electrons. The molecule has 7 heteroatoms. The Hall–Kier alpha value is -0.280. The monoisotopic (exact) mass is 410 g/mol. The second-order valence-corrected chi connectivity index (χ2v) is 7.79. The Labute approximate surface area is 172 Å². The van der Waals surface area contributed by atoms with Crippen molar-refractivity contribution in [1.82, 2.24) is 0 Å². The van der Waals surface area contributed by atoms with E-state index in [1.54, 1.807) is 0 Å². The van der Waals surface area contributed by atoms with Gasteiger partial charge in [-0.25, -0.2) is 0 Å². The molecule has 0 spiro atoms. The van der Waals surface area contributed by atoms with Crippen LogP contribution in [0.1, 0.15) is 62.3 Å². The zero-order valence-electron chi connectivity index (χ0n) is 19.5. The minimum absolute atomic E-state index is 0.0206. The fourth-order valence-electron chi connectivity index (χ4n) is 2.06. The Morgan fingerprint density at radius 3 is 1.04 bits per heavy atom. The molecule has 0 saturated carbocycles. The molecule has 0 saturated heterocycles. The van der Waals surface area contributed by atoms with E-state index in [2.05, 4.69) is 0 Å². The van der Waals surface area contributed by atoms with Crippen LogP contribution < -0.4 is 0 Å². The van der Waals surface area contributed by atoms with Crippen molar-refractivity contribution in [3.05, 3.63) is 0 Å². The summed E-state index contributed by atoms with van der Waals surface area (Å²) in [5.74, 6) is 0. The van der Waals surface area contributed by atoms with E-state index >= 15 is 0 Å². The van der Waals surface area contributed by atoms with Gasteiger partial charge in [0.2, 0.25) is 0 Å². The molecule has 0 fully saturated rings. The molecule has 5 unspecified atom stereocenters. The van der Waals surface area contributed by atoms with Gasteiger partial charge in [-0.1, -0.05) is 0 Å². The van der Waals surface area contributed by atoms with Gasteiger partial charge < -0.3 is 33.9 Å². The Bertz CT molecular complexity index is 326. The highest BCUT2D eigenvalue weighted by Gasteiger charge is 2.10. The van der Waals surface area contributed by atoms with Crippen LogP contribution in [-0.2, 0) is 23.7 Å². The zero-order valence-corrected chi connectivity index (χ0v) is 19.5. The minimum Gasteiger partial charge on any atom is -0.394 e. The van der Waals surface area contributed by atoms with Crippen molar-refractivity contribution in [2.24, 2.45) is 0 Å². The van der Waals surface area contributed by atoms with Crippen LogP contribution in [0.2, 0.25) is 0 Å². The van der Waals surface area contributed by atoms with Gasteiger partial charge in [-0.2, -0.15) is 0 Å². The number of aliphatic hydroxyl groups is 2. The summed E-state index contributed by atoms with van der Waals surface area (Å²) in [5, 5.41) is 17.4. The van der Waals surface area contributed by atoms with Crippen LogP contribution in [-0.4, -0.2) is 86.0 Å². The molecule has 0 bridgehead atoms. The summed E-state index contributed by atoms with van der Waals surface area (Å²) < 4.78 is 27.2. The van der Waals surface area contributed by atoms with Gasteiger partial charge in [-0.15, -0.1) is 0 Å². The van der Waals surface area contributed by atoms with Crippen molar-refractivity contribution in [3.8, 4) is 0 Å². The van der Waals surface area contributed by atoms with Crippen molar-refractivity contribution in [2.75, 3.05) is 33.0 Å². The lowest BCUT2D eigenvalue weighted by Gasteiger charge is -2.20. The summed E-state index contributed by atoms with van der Waals surface area (Å²) >= 11 is 0. The fourth-order valence-corrected chi connectivity index (χ4v) is 2.06. The number of rotatable bonds is 15. The van der Waals surface area contributed by atoms with E-state index in [1.807, 2.05) is 62.3 Å². The molecule has 0 aliphatic rings. The summed E-state index contributed by atoms with van der Waals surface area (Å²) in [5.41, 5.74) is 0. The number of aliphatic hydroxyl groups excluding tert-OH is 2. The maximum atomic E-state index is 8.78. The standard InChI is InChI=1S/C12H26O4.C9H20O3/c1-9(2)16-12(5)8-15-11(4)7-14-10(3)6-13;1-7(2)12-9(4)6-11-8(3)5-10/h9-13H,6-8H2,1-5H3;7-10H,5-6H2,1-4H3. The van der Waals surface area contributed by atoms with Crippen molar-refractivity contribution in [1.29, 1.82) is 0 Å². The predicted molar refractivity (Wildman–Crippen MR) is 112 cm³/mol. The first-order valence-electron chi connectivity index (χ1n) is 10.4. The third kappa shape index (κ3) is 22.0. The molecule has 0 aromatic carbocycles. The number of hydrogen-bond donors (Lipinski definition) is 2. The number of ether oxygens (including phenoxy) is 5. The van der Waals surface area contributed by atoms with Crippen LogP contribution in [0.4, 0.5) is 0 Å². The van der Waals surface area contributed by atoms with Gasteiger partial charge in [0.15, 0.2) is 0 Å². The van der Waals surface area contributed by atoms with Crippen LogP contribution in [0.3, 0.4) is 0 Å². The summed E-state index contributed by atoms with van der Waals surface area (Å²) in [7, 11) is 0. The lowest BCUT2D eigenvalue weighted by atomic mass is 10.3. The predicted octanol–water partition coefficient (Wildman–Crippen LogP) is 2.80. The van der Waals surface area contributed by atoms with Gasteiger partial charge in [0.05, 0.1) is 75.8 Å². The van der Waals surface area contributed by atoms with Crippen molar-refractivity contribution >= 4 is 0 Å². The lowest BCUT2D eigenvalue weighted by molar-refractivity contribution is -0.0840. The maximum absolute atomic E-state index is 8.78. The minimum atomic E-state index is -0.129. The highest BCUT2D eigenvalue weighted by molar-refractivity contribution is 4.55. The average molecular weight is 411 g/mol. The van der Waals surface area contributed by atoms with E-state index < -0.39 is 0 Å². The first-order valence-corrected chi connectivity index (χ1v) is 10.4. The molecule has 0 rings (SSSR count). The molecule has 172 valence electrons. The van der Waals surface area contributed by atoms with E-state index in [0.29, 0.717) is 19.8 Å². The largest absolute Gasteiger partial charge is 0.394 e. The zero-order chi connectivity index (χ0) is 22.1. The number of hydrogen-bond acceptors (Lipinski definition) is 7. The molecule has 2 N–H and O–H groups in total. The summed E-state index contributed by atoms with van der Waals surface area (Å²) in [6.07, 6.45) is 0.440. The second-order valence-electron chi connectivity index (χ2n) is 7.79. The normalized spacial score (nSPS) is 17.0. The van der Waals surface area contributed by atoms with Gasteiger partial charge in [0, 0.05) is 0 Å². The van der Waals surface area contributed by atoms with Crippen molar-refractivity contribution < 1.29 is 33.9 Å². The van der Waals surface area contributed by atoms with Crippen LogP contribution in [0.15, 0.2) is 0 Å². The molecular formula is C21H46O7. The molecule has 7 nitrogen and oxygen atoms in total. The Balaban J connectivity index is 0. The third-order valence-corrected chi connectivity index (χ3v) is 3.37.